The Bertz CT molecular complexity index is 430. The van der Waals surface area contributed by atoms with E-state index in [1.165, 1.54) is 0 Å². The van der Waals surface area contributed by atoms with Gasteiger partial charge in [0.1, 0.15) is 5.76 Å². The van der Waals surface area contributed by atoms with Gasteiger partial charge in [-0.3, -0.25) is 4.79 Å². The summed E-state index contributed by atoms with van der Waals surface area (Å²) in [5.74, 6) is -1.61. The van der Waals surface area contributed by atoms with E-state index in [1.807, 2.05) is 6.92 Å². The average molecular weight is 240 g/mol. The highest BCUT2D eigenvalue weighted by Crippen LogP contribution is 2.25. The van der Waals surface area contributed by atoms with E-state index < -0.39 is 11.9 Å². The van der Waals surface area contributed by atoms with Crippen molar-refractivity contribution in [3.8, 4) is 0 Å². The second kappa shape index (κ2) is 5.52. The number of hydrogen-bond acceptors (Lipinski definition) is 3. The van der Waals surface area contributed by atoms with E-state index in [-0.39, 0.29) is 18.6 Å². The number of carboxylic acids is 2. The fourth-order valence-electron chi connectivity index (χ4n) is 1.81. The number of hydrogen-bond donors (Lipinski definition) is 2. The van der Waals surface area contributed by atoms with Gasteiger partial charge in [0, 0.05) is 12.0 Å². The lowest BCUT2D eigenvalue weighted by Crippen LogP contribution is -1.99. The highest BCUT2D eigenvalue weighted by atomic mass is 16.4. The smallest absolute Gasteiger partial charge is 0.372 e. The number of aliphatic carboxylic acids is 1. The van der Waals surface area contributed by atoms with Crippen LogP contribution in [0.1, 0.15) is 47.2 Å². The Balaban J connectivity index is 3.04. The third-order valence-corrected chi connectivity index (χ3v) is 2.62. The molecule has 94 valence electrons. The van der Waals surface area contributed by atoms with E-state index in [0.29, 0.717) is 17.7 Å². The van der Waals surface area contributed by atoms with Gasteiger partial charge in [-0.1, -0.05) is 13.3 Å². The number of aromatic carboxylic acids is 1. The van der Waals surface area contributed by atoms with Gasteiger partial charge in [0.05, 0.1) is 6.42 Å². The third kappa shape index (κ3) is 3.09. The summed E-state index contributed by atoms with van der Waals surface area (Å²) in [6.07, 6.45) is 1.75. The molecular formula is C12H16O5. The average Bonchev–Trinajstić information content (AvgIpc) is 2.55. The van der Waals surface area contributed by atoms with Crippen LogP contribution in [0.2, 0.25) is 0 Å². The first-order valence-electron chi connectivity index (χ1n) is 5.53. The van der Waals surface area contributed by atoms with Crippen molar-refractivity contribution < 1.29 is 24.2 Å². The van der Waals surface area contributed by atoms with Crippen molar-refractivity contribution in [3.63, 3.8) is 0 Å². The minimum absolute atomic E-state index is 0.0529. The van der Waals surface area contributed by atoms with Gasteiger partial charge in [0.25, 0.3) is 0 Å². The van der Waals surface area contributed by atoms with Crippen molar-refractivity contribution in [2.75, 3.05) is 0 Å². The van der Waals surface area contributed by atoms with Crippen molar-refractivity contribution >= 4 is 11.9 Å². The molecule has 17 heavy (non-hydrogen) atoms. The molecule has 1 aromatic heterocycles. The van der Waals surface area contributed by atoms with E-state index in [1.54, 1.807) is 6.92 Å². The van der Waals surface area contributed by atoms with Crippen LogP contribution in [0.4, 0.5) is 0 Å². The second-order valence-electron chi connectivity index (χ2n) is 3.91. The lowest BCUT2D eigenvalue weighted by atomic mass is 10.0. The lowest BCUT2D eigenvalue weighted by molar-refractivity contribution is -0.137. The highest BCUT2D eigenvalue weighted by molar-refractivity contribution is 5.86. The SMILES string of the molecule is CCCc1c(CCC(=O)O)oc(C(=O)O)c1C. The van der Waals surface area contributed by atoms with Crippen LogP contribution in [-0.2, 0) is 17.6 Å². The lowest BCUT2D eigenvalue weighted by Gasteiger charge is -2.00. The van der Waals surface area contributed by atoms with Gasteiger partial charge in [0.2, 0.25) is 5.76 Å². The molecule has 0 saturated heterocycles. The predicted molar refractivity (Wildman–Crippen MR) is 60.4 cm³/mol. The van der Waals surface area contributed by atoms with Crippen LogP contribution in [0.3, 0.4) is 0 Å². The normalized spacial score (nSPS) is 10.5. The summed E-state index contributed by atoms with van der Waals surface area (Å²) in [5.41, 5.74) is 1.45. The second-order valence-corrected chi connectivity index (χ2v) is 3.91. The van der Waals surface area contributed by atoms with Crippen LogP contribution < -0.4 is 0 Å². The molecule has 0 radical (unpaired) electrons. The van der Waals surface area contributed by atoms with Crippen LogP contribution in [0.15, 0.2) is 4.42 Å². The summed E-state index contributed by atoms with van der Waals surface area (Å²) in [5, 5.41) is 17.6. The summed E-state index contributed by atoms with van der Waals surface area (Å²) < 4.78 is 5.25. The zero-order valence-electron chi connectivity index (χ0n) is 9.95. The van der Waals surface area contributed by atoms with Gasteiger partial charge in [-0.15, -0.1) is 0 Å². The Morgan fingerprint density at radius 2 is 1.88 bits per heavy atom. The zero-order valence-corrected chi connectivity index (χ0v) is 9.95. The fraction of sp³-hybridized carbons (Fsp3) is 0.500. The Hall–Kier alpha value is -1.78. The molecule has 0 spiro atoms. The molecule has 0 amide bonds. The topological polar surface area (TPSA) is 87.7 Å². The third-order valence-electron chi connectivity index (χ3n) is 2.62. The summed E-state index contributed by atoms with van der Waals surface area (Å²) in [7, 11) is 0. The Labute approximate surface area is 99.1 Å². The Morgan fingerprint density at radius 1 is 1.24 bits per heavy atom. The van der Waals surface area contributed by atoms with Crippen LogP contribution in [0.5, 0.6) is 0 Å². The van der Waals surface area contributed by atoms with E-state index in [9.17, 15) is 9.59 Å². The maximum Gasteiger partial charge on any atom is 0.372 e. The van der Waals surface area contributed by atoms with E-state index in [2.05, 4.69) is 0 Å². The number of carboxylic acid groups (broad SMARTS) is 2. The minimum atomic E-state index is -1.11. The molecule has 0 bridgehead atoms. The van der Waals surface area contributed by atoms with Gasteiger partial charge in [-0.05, 0) is 18.9 Å². The van der Waals surface area contributed by atoms with Crippen molar-refractivity contribution in [2.45, 2.75) is 39.5 Å². The van der Waals surface area contributed by atoms with Gasteiger partial charge in [-0.25, -0.2) is 4.79 Å². The summed E-state index contributed by atoms with van der Waals surface area (Å²) in [6.45, 7) is 3.68. The molecule has 5 heteroatoms. The maximum atomic E-state index is 10.9. The molecule has 2 N–H and O–H groups in total. The molecule has 0 saturated carbocycles. The first kappa shape index (κ1) is 13.3. The van der Waals surface area contributed by atoms with Crippen molar-refractivity contribution in [3.05, 3.63) is 22.6 Å². The molecule has 0 aliphatic carbocycles. The molecule has 0 atom stereocenters. The van der Waals surface area contributed by atoms with E-state index >= 15 is 0 Å². The fourth-order valence-corrected chi connectivity index (χ4v) is 1.81. The number of carbonyl (C=O) groups is 2. The quantitative estimate of drug-likeness (QED) is 0.796. The highest BCUT2D eigenvalue weighted by Gasteiger charge is 2.21. The Morgan fingerprint density at radius 3 is 2.35 bits per heavy atom. The van der Waals surface area contributed by atoms with Crippen molar-refractivity contribution in [1.29, 1.82) is 0 Å². The molecule has 0 unspecified atom stereocenters. The van der Waals surface area contributed by atoms with Crippen LogP contribution in [0.25, 0.3) is 0 Å². The van der Waals surface area contributed by atoms with Crippen molar-refractivity contribution in [2.24, 2.45) is 0 Å². The minimum Gasteiger partial charge on any atom is -0.481 e. The Kier molecular flexibility index (Phi) is 4.31. The number of aryl methyl sites for hydroxylation is 1. The summed E-state index contributed by atoms with van der Waals surface area (Å²) >= 11 is 0. The molecule has 0 aliphatic rings. The molecule has 1 rings (SSSR count). The van der Waals surface area contributed by atoms with Gasteiger partial charge < -0.3 is 14.6 Å². The maximum absolute atomic E-state index is 10.9. The first-order valence-corrected chi connectivity index (χ1v) is 5.53. The van der Waals surface area contributed by atoms with Crippen LogP contribution >= 0.6 is 0 Å². The van der Waals surface area contributed by atoms with Crippen LogP contribution in [0, 0.1) is 6.92 Å². The molecule has 0 aliphatic heterocycles. The molecule has 0 fully saturated rings. The molecule has 1 aromatic rings. The van der Waals surface area contributed by atoms with Gasteiger partial charge in [-0.2, -0.15) is 0 Å². The summed E-state index contributed by atoms with van der Waals surface area (Å²) in [6, 6.07) is 0. The molecule has 1 heterocycles. The molecular weight excluding hydrogens is 224 g/mol. The monoisotopic (exact) mass is 240 g/mol. The van der Waals surface area contributed by atoms with Gasteiger partial charge >= 0.3 is 11.9 Å². The number of furan rings is 1. The van der Waals surface area contributed by atoms with E-state index in [4.69, 9.17) is 14.6 Å². The molecule has 0 aromatic carbocycles. The van der Waals surface area contributed by atoms with Crippen LogP contribution in [-0.4, -0.2) is 22.2 Å². The zero-order chi connectivity index (χ0) is 13.0. The van der Waals surface area contributed by atoms with Crippen molar-refractivity contribution in [1.82, 2.24) is 0 Å². The van der Waals surface area contributed by atoms with E-state index in [0.717, 1.165) is 12.0 Å². The first-order chi connectivity index (χ1) is 7.97. The largest absolute Gasteiger partial charge is 0.481 e. The standard InChI is InChI=1S/C12H16O5/c1-3-4-8-7(2)11(12(15)16)17-9(8)5-6-10(13)14/h3-6H2,1-2H3,(H,13,14)(H,15,16). The number of rotatable bonds is 6. The van der Waals surface area contributed by atoms with Gasteiger partial charge in [0.15, 0.2) is 0 Å². The molecule has 5 nitrogen and oxygen atoms in total. The summed E-state index contributed by atoms with van der Waals surface area (Å²) in [4.78, 5) is 21.4. The predicted octanol–water partition coefficient (Wildman–Crippen LogP) is 2.26.